The first-order chi connectivity index (χ1) is 13.1. The maximum Gasteiger partial charge on any atom is 0.265 e. The maximum absolute atomic E-state index is 12.7. The van der Waals surface area contributed by atoms with Crippen LogP contribution < -0.4 is 9.47 Å². The van der Waals surface area contributed by atoms with Gasteiger partial charge < -0.3 is 23.7 Å². The van der Waals surface area contributed by atoms with E-state index in [-0.39, 0.29) is 36.1 Å². The molecule has 27 heavy (non-hydrogen) atoms. The number of ketones is 1. The van der Waals surface area contributed by atoms with Gasteiger partial charge in [0, 0.05) is 5.92 Å². The van der Waals surface area contributed by atoms with Crippen molar-refractivity contribution < 1.29 is 28.5 Å². The summed E-state index contributed by atoms with van der Waals surface area (Å²) < 4.78 is 28.0. The van der Waals surface area contributed by atoms with Crippen LogP contribution in [-0.2, 0) is 19.0 Å². The summed E-state index contributed by atoms with van der Waals surface area (Å²) in [5.74, 6) is 2.09. The van der Waals surface area contributed by atoms with Crippen molar-refractivity contribution in [3.8, 4) is 11.5 Å². The SMILES string of the molecule is C=CC[C@]12C=C(OC)C(=O)C(OC)=C1O[C@@H](c1ccc3c(c1)OCO3)[C@@H]2C. The van der Waals surface area contributed by atoms with Gasteiger partial charge in [-0.2, -0.15) is 0 Å². The molecule has 0 radical (unpaired) electrons. The van der Waals surface area contributed by atoms with Gasteiger partial charge in [-0.25, -0.2) is 0 Å². The molecule has 2 aliphatic heterocycles. The topological polar surface area (TPSA) is 63.2 Å². The van der Waals surface area contributed by atoms with E-state index in [1.807, 2.05) is 30.4 Å². The molecule has 1 fully saturated rings. The largest absolute Gasteiger partial charge is 0.493 e. The second kappa shape index (κ2) is 6.37. The number of hydrogen-bond acceptors (Lipinski definition) is 6. The van der Waals surface area contributed by atoms with Crippen LogP contribution in [-0.4, -0.2) is 26.8 Å². The minimum Gasteiger partial charge on any atom is -0.493 e. The Kier molecular flexibility index (Phi) is 4.13. The molecular formula is C21H22O6. The van der Waals surface area contributed by atoms with E-state index in [0.29, 0.717) is 17.9 Å². The smallest absolute Gasteiger partial charge is 0.265 e. The highest BCUT2D eigenvalue weighted by molar-refractivity contribution is 6.07. The number of carbonyl (C=O) groups excluding carboxylic acids is 1. The van der Waals surface area contributed by atoms with Gasteiger partial charge in [0.1, 0.15) is 6.10 Å². The Morgan fingerprint density at radius 2 is 2.04 bits per heavy atom. The zero-order chi connectivity index (χ0) is 19.2. The number of methoxy groups -OCH3 is 2. The van der Waals surface area contributed by atoms with Crippen molar-refractivity contribution in [2.45, 2.75) is 19.4 Å². The van der Waals surface area contributed by atoms with Crippen molar-refractivity contribution in [1.82, 2.24) is 0 Å². The van der Waals surface area contributed by atoms with Crippen LogP contribution in [0.2, 0.25) is 0 Å². The molecule has 0 bridgehead atoms. The zero-order valence-corrected chi connectivity index (χ0v) is 15.6. The van der Waals surface area contributed by atoms with Gasteiger partial charge in [-0.1, -0.05) is 19.1 Å². The molecule has 0 amide bonds. The molecule has 6 nitrogen and oxygen atoms in total. The third-order valence-corrected chi connectivity index (χ3v) is 5.59. The lowest BCUT2D eigenvalue weighted by Gasteiger charge is -2.32. The lowest BCUT2D eigenvalue weighted by atomic mass is 9.68. The second-order valence-electron chi connectivity index (χ2n) is 6.88. The molecule has 2 heterocycles. The van der Waals surface area contributed by atoms with Crippen LogP contribution in [0.3, 0.4) is 0 Å². The van der Waals surface area contributed by atoms with Crippen LogP contribution in [0, 0.1) is 11.3 Å². The normalized spacial score (nSPS) is 28.4. The molecule has 3 atom stereocenters. The first kappa shape index (κ1) is 17.5. The quantitative estimate of drug-likeness (QED) is 0.737. The highest BCUT2D eigenvalue weighted by Crippen LogP contribution is 2.59. The van der Waals surface area contributed by atoms with Crippen LogP contribution in [0.4, 0.5) is 0 Å². The highest BCUT2D eigenvalue weighted by Gasteiger charge is 2.56. The van der Waals surface area contributed by atoms with Crippen molar-refractivity contribution in [1.29, 1.82) is 0 Å². The van der Waals surface area contributed by atoms with E-state index in [0.717, 1.165) is 11.3 Å². The summed E-state index contributed by atoms with van der Waals surface area (Å²) in [5.41, 5.74) is 0.389. The number of allylic oxidation sites excluding steroid dienone is 2. The van der Waals surface area contributed by atoms with Crippen molar-refractivity contribution in [2.75, 3.05) is 21.0 Å². The van der Waals surface area contributed by atoms with Crippen LogP contribution in [0.15, 0.2) is 54.2 Å². The molecule has 142 valence electrons. The van der Waals surface area contributed by atoms with Crippen molar-refractivity contribution in [2.24, 2.45) is 11.3 Å². The summed E-state index contributed by atoms with van der Waals surface area (Å²) in [6, 6.07) is 5.77. The Labute approximate surface area is 158 Å². The van der Waals surface area contributed by atoms with Crippen molar-refractivity contribution >= 4 is 5.78 Å². The predicted molar refractivity (Wildman–Crippen MR) is 96.9 cm³/mol. The molecular weight excluding hydrogens is 348 g/mol. The van der Waals surface area contributed by atoms with Gasteiger partial charge in [0.15, 0.2) is 23.0 Å². The molecule has 6 heteroatoms. The number of ether oxygens (including phenoxy) is 5. The van der Waals surface area contributed by atoms with E-state index in [4.69, 9.17) is 23.7 Å². The molecule has 4 rings (SSSR count). The number of carbonyl (C=O) groups is 1. The lowest BCUT2D eigenvalue weighted by molar-refractivity contribution is -0.119. The second-order valence-corrected chi connectivity index (χ2v) is 6.88. The van der Waals surface area contributed by atoms with Gasteiger partial charge in [0.25, 0.3) is 5.78 Å². The number of fused-ring (bicyclic) bond motifs is 2. The van der Waals surface area contributed by atoms with E-state index >= 15 is 0 Å². The average Bonchev–Trinajstić information content (AvgIpc) is 3.25. The summed E-state index contributed by atoms with van der Waals surface area (Å²) in [6.45, 7) is 6.21. The maximum atomic E-state index is 12.7. The minimum atomic E-state index is -0.562. The van der Waals surface area contributed by atoms with Crippen LogP contribution >= 0.6 is 0 Å². The molecule has 3 aliphatic rings. The van der Waals surface area contributed by atoms with E-state index in [9.17, 15) is 4.79 Å². The minimum absolute atomic E-state index is 0.00858. The summed E-state index contributed by atoms with van der Waals surface area (Å²) in [6.07, 6.45) is 4.00. The summed E-state index contributed by atoms with van der Waals surface area (Å²) in [4.78, 5) is 12.7. The summed E-state index contributed by atoms with van der Waals surface area (Å²) in [5, 5.41) is 0. The number of Topliss-reactive ketones (excluding diaryl/α,β-unsaturated/α-hetero) is 1. The highest BCUT2D eigenvalue weighted by atomic mass is 16.7. The molecule has 0 aromatic heterocycles. The van der Waals surface area contributed by atoms with Crippen LogP contribution in [0.25, 0.3) is 0 Å². The van der Waals surface area contributed by atoms with Crippen LogP contribution in [0.1, 0.15) is 25.0 Å². The predicted octanol–water partition coefficient (Wildman–Crippen LogP) is 3.66. The third-order valence-electron chi connectivity index (χ3n) is 5.59. The standard InChI is InChI=1S/C21H22O6/c1-5-8-21-10-16(23-3)17(22)19(24-4)20(21)27-18(12(21)2)13-6-7-14-15(9-13)26-11-25-14/h5-7,9-10,12,18H,1,8,11H2,2-4H3/t12-,18+,21+/m0/s1. The molecule has 0 N–H and O–H groups in total. The monoisotopic (exact) mass is 370 g/mol. The van der Waals surface area contributed by atoms with Gasteiger partial charge in [-0.05, 0) is 30.2 Å². The van der Waals surface area contributed by atoms with E-state index in [2.05, 4.69) is 13.5 Å². The number of hydrogen-bond donors (Lipinski definition) is 0. The van der Waals surface area contributed by atoms with Gasteiger partial charge in [-0.3, -0.25) is 4.79 Å². The summed E-state index contributed by atoms with van der Waals surface area (Å²) >= 11 is 0. The third kappa shape index (κ3) is 2.43. The van der Waals surface area contributed by atoms with Gasteiger partial charge in [-0.15, -0.1) is 6.58 Å². The number of rotatable bonds is 5. The lowest BCUT2D eigenvalue weighted by Crippen LogP contribution is -2.32. The molecule has 1 aliphatic carbocycles. The van der Waals surface area contributed by atoms with E-state index < -0.39 is 5.41 Å². The Bertz CT molecular complexity index is 867. The fourth-order valence-electron chi connectivity index (χ4n) is 4.15. The van der Waals surface area contributed by atoms with Gasteiger partial charge in [0.05, 0.1) is 19.6 Å². The molecule has 0 unspecified atom stereocenters. The van der Waals surface area contributed by atoms with Crippen LogP contribution in [0.5, 0.6) is 11.5 Å². The Morgan fingerprint density at radius 3 is 2.74 bits per heavy atom. The Morgan fingerprint density at radius 1 is 1.26 bits per heavy atom. The fourth-order valence-corrected chi connectivity index (χ4v) is 4.15. The van der Waals surface area contributed by atoms with E-state index in [1.165, 1.54) is 14.2 Å². The molecule has 0 spiro atoms. The average molecular weight is 370 g/mol. The fraction of sp³-hybridized carbons (Fsp3) is 0.381. The number of benzene rings is 1. The van der Waals surface area contributed by atoms with E-state index in [1.54, 1.807) is 0 Å². The van der Waals surface area contributed by atoms with Crippen molar-refractivity contribution in [3.05, 3.63) is 59.8 Å². The zero-order valence-electron chi connectivity index (χ0n) is 15.6. The van der Waals surface area contributed by atoms with Gasteiger partial charge in [0.2, 0.25) is 12.6 Å². The molecule has 0 saturated carbocycles. The van der Waals surface area contributed by atoms with Crippen molar-refractivity contribution in [3.63, 3.8) is 0 Å². The Balaban J connectivity index is 1.83. The summed E-state index contributed by atoms with van der Waals surface area (Å²) in [7, 11) is 2.96. The molecule has 1 aromatic carbocycles. The molecule has 1 saturated heterocycles. The first-order valence-corrected chi connectivity index (χ1v) is 8.83. The first-order valence-electron chi connectivity index (χ1n) is 8.83. The van der Waals surface area contributed by atoms with Gasteiger partial charge >= 0.3 is 0 Å². The Hall–Kier alpha value is -2.89. The molecule has 1 aromatic rings.